The van der Waals surface area contributed by atoms with Crippen molar-refractivity contribution in [1.82, 2.24) is 9.78 Å². The van der Waals surface area contributed by atoms with Crippen molar-refractivity contribution in [1.29, 1.82) is 0 Å². The second-order valence-electron chi connectivity index (χ2n) is 4.77. The van der Waals surface area contributed by atoms with E-state index >= 15 is 0 Å². The molecule has 0 aliphatic carbocycles. The zero-order valence-corrected chi connectivity index (χ0v) is 10.8. The molecule has 1 aliphatic rings. The molecule has 0 saturated heterocycles. The number of aromatic carboxylic acids is 1. The summed E-state index contributed by atoms with van der Waals surface area (Å²) >= 11 is 0. The Morgan fingerprint density at radius 3 is 3.05 bits per heavy atom. The molecule has 0 fully saturated rings. The number of fused-ring (bicyclic) bond motifs is 1. The molecule has 20 heavy (non-hydrogen) atoms. The zero-order chi connectivity index (χ0) is 14.1. The van der Waals surface area contributed by atoms with E-state index in [2.05, 4.69) is 11.2 Å². The first-order valence-electron chi connectivity index (χ1n) is 6.41. The van der Waals surface area contributed by atoms with E-state index in [0.29, 0.717) is 13.2 Å². The highest BCUT2D eigenvalue weighted by atomic mass is 16.5. The fraction of sp³-hybridized carbons (Fsp3) is 0.286. The van der Waals surface area contributed by atoms with Crippen molar-refractivity contribution in [2.45, 2.75) is 19.1 Å². The van der Waals surface area contributed by atoms with E-state index in [1.807, 2.05) is 18.2 Å². The van der Waals surface area contributed by atoms with Crippen LogP contribution in [0.5, 0.6) is 0 Å². The topological polar surface area (TPSA) is 90.4 Å². The lowest BCUT2D eigenvalue weighted by molar-refractivity contribution is 0.0281. The van der Waals surface area contributed by atoms with Gasteiger partial charge in [0.1, 0.15) is 6.10 Å². The van der Waals surface area contributed by atoms with Gasteiger partial charge in [-0.3, -0.25) is 4.68 Å². The molecule has 1 unspecified atom stereocenters. The predicted molar refractivity (Wildman–Crippen MR) is 72.4 cm³/mol. The van der Waals surface area contributed by atoms with Gasteiger partial charge in [-0.2, -0.15) is 5.10 Å². The second kappa shape index (κ2) is 4.97. The average Bonchev–Trinajstić information content (AvgIpc) is 2.80. The molecule has 2 aromatic rings. The van der Waals surface area contributed by atoms with Crippen LogP contribution in [0.3, 0.4) is 0 Å². The summed E-state index contributed by atoms with van der Waals surface area (Å²) in [5.74, 6) is -1.12. The molecule has 0 saturated carbocycles. The molecule has 6 heteroatoms. The SMILES string of the molecule is Nc1cn(CC2OCCc3ccccc32)nc1C(=O)O. The maximum absolute atomic E-state index is 10.9. The number of rotatable bonds is 3. The summed E-state index contributed by atoms with van der Waals surface area (Å²) in [6.45, 7) is 1.11. The van der Waals surface area contributed by atoms with Crippen molar-refractivity contribution >= 4 is 11.7 Å². The summed E-state index contributed by atoms with van der Waals surface area (Å²) in [4.78, 5) is 10.9. The zero-order valence-electron chi connectivity index (χ0n) is 10.8. The Morgan fingerprint density at radius 1 is 1.50 bits per heavy atom. The van der Waals surface area contributed by atoms with Gasteiger partial charge in [0.05, 0.1) is 18.8 Å². The lowest BCUT2D eigenvalue weighted by Gasteiger charge is -2.25. The number of nitrogen functional groups attached to an aromatic ring is 1. The maximum atomic E-state index is 10.9. The number of hydrogen-bond donors (Lipinski definition) is 2. The van der Waals surface area contributed by atoms with E-state index in [1.165, 1.54) is 16.4 Å². The first kappa shape index (κ1) is 12.7. The van der Waals surface area contributed by atoms with E-state index in [0.717, 1.165) is 12.0 Å². The van der Waals surface area contributed by atoms with Gasteiger partial charge in [-0.1, -0.05) is 24.3 Å². The summed E-state index contributed by atoms with van der Waals surface area (Å²) in [5, 5.41) is 12.9. The van der Waals surface area contributed by atoms with E-state index in [1.54, 1.807) is 0 Å². The van der Waals surface area contributed by atoms with E-state index in [-0.39, 0.29) is 17.5 Å². The molecular formula is C14H15N3O3. The molecule has 0 amide bonds. The summed E-state index contributed by atoms with van der Waals surface area (Å²) in [5.41, 5.74) is 8.08. The Hall–Kier alpha value is -2.34. The van der Waals surface area contributed by atoms with Crippen LogP contribution in [0.4, 0.5) is 5.69 Å². The number of hydrogen-bond acceptors (Lipinski definition) is 4. The molecule has 2 heterocycles. The Balaban J connectivity index is 1.86. The number of carbonyl (C=O) groups is 1. The molecule has 0 spiro atoms. The van der Waals surface area contributed by atoms with Gasteiger partial charge in [0.15, 0.2) is 5.69 Å². The van der Waals surface area contributed by atoms with Crippen molar-refractivity contribution < 1.29 is 14.6 Å². The fourth-order valence-corrected chi connectivity index (χ4v) is 2.49. The standard InChI is InChI=1S/C14H15N3O3/c15-11-7-17(16-13(11)14(18)19)8-12-10-4-2-1-3-9(10)5-6-20-12/h1-4,7,12H,5-6,8,15H2,(H,18,19). The third kappa shape index (κ3) is 2.25. The number of carboxylic acids is 1. The van der Waals surface area contributed by atoms with Crippen LogP contribution in [0.2, 0.25) is 0 Å². The number of carboxylic acid groups (broad SMARTS) is 1. The highest BCUT2D eigenvalue weighted by Crippen LogP contribution is 2.28. The number of benzene rings is 1. The first-order chi connectivity index (χ1) is 9.65. The van der Waals surface area contributed by atoms with Gasteiger partial charge in [-0.25, -0.2) is 4.79 Å². The van der Waals surface area contributed by atoms with Gasteiger partial charge in [0.2, 0.25) is 0 Å². The van der Waals surface area contributed by atoms with Gasteiger partial charge < -0.3 is 15.6 Å². The molecule has 3 N–H and O–H groups in total. The molecule has 6 nitrogen and oxygen atoms in total. The molecule has 0 radical (unpaired) electrons. The van der Waals surface area contributed by atoms with Gasteiger partial charge in [0.25, 0.3) is 0 Å². The summed E-state index contributed by atoms with van der Waals surface area (Å²) in [6.07, 6.45) is 2.30. The third-order valence-corrected chi connectivity index (χ3v) is 3.44. The minimum Gasteiger partial charge on any atom is -0.476 e. The highest BCUT2D eigenvalue weighted by molar-refractivity contribution is 5.91. The van der Waals surface area contributed by atoms with Crippen molar-refractivity contribution in [3.05, 3.63) is 47.3 Å². The molecule has 3 rings (SSSR count). The van der Waals surface area contributed by atoms with Crippen LogP contribution in [-0.2, 0) is 17.7 Å². The van der Waals surface area contributed by atoms with E-state index in [9.17, 15) is 4.79 Å². The average molecular weight is 273 g/mol. The third-order valence-electron chi connectivity index (χ3n) is 3.44. The van der Waals surface area contributed by atoms with E-state index < -0.39 is 5.97 Å². The predicted octanol–water partition coefficient (Wildman–Crippen LogP) is 1.48. The number of ether oxygens (including phenoxy) is 1. The number of aromatic nitrogens is 2. The Kier molecular flexibility index (Phi) is 3.15. The molecule has 104 valence electrons. The van der Waals surface area contributed by atoms with Crippen LogP contribution in [0, 0.1) is 0 Å². The lowest BCUT2D eigenvalue weighted by atomic mass is 9.98. The monoisotopic (exact) mass is 273 g/mol. The number of nitrogens with two attached hydrogens (primary N) is 1. The Morgan fingerprint density at radius 2 is 2.30 bits per heavy atom. The quantitative estimate of drug-likeness (QED) is 0.884. The number of nitrogens with zero attached hydrogens (tertiary/aromatic N) is 2. The number of anilines is 1. The molecular weight excluding hydrogens is 258 g/mol. The lowest BCUT2D eigenvalue weighted by Crippen LogP contribution is -2.21. The smallest absolute Gasteiger partial charge is 0.358 e. The van der Waals surface area contributed by atoms with Crippen molar-refractivity contribution in [2.24, 2.45) is 0 Å². The normalized spacial score (nSPS) is 17.7. The minimum absolute atomic E-state index is 0.117. The van der Waals surface area contributed by atoms with E-state index in [4.69, 9.17) is 15.6 Å². The summed E-state index contributed by atoms with van der Waals surface area (Å²) < 4.78 is 7.30. The Bertz CT molecular complexity index is 651. The minimum atomic E-state index is -1.12. The second-order valence-corrected chi connectivity index (χ2v) is 4.77. The van der Waals surface area contributed by atoms with Crippen molar-refractivity contribution in [3.8, 4) is 0 Å². The van der Waals surface area contributed by atoms with Gasteiger partial charge in [0, 0.05) is 6.20 Å². The van der Waals surface area contributed by atoms with Crippen molar-refractivity contribution in [3.63, 3.8) is 0 Å². The van der Waals surface area contributed by atoms with Crippen LogP contribution in [-0.4, -0.2) is 27.5 Å². The maximum Gasteiger partial charge on any atom is 0.358 e. The summed E-state index contributed by atoms with van der Waals surface area (Å²) in [6, 6.07) is 8.10. The van der Waals surface area contributed by atoms with Crippen LogP contribution in [0.25, 0.3) is 0 Å². The van der Waals surface area contributed by atoms with Gasteiger partial charge >= 0.3 is 5.97 Å². The van der Waals surface area contributed by atoms with Crippen LogP contribution < -0.4 is 5.73 Å². The molecule has 1 atom stereocenters. The van der Waals surface area contributed by atoms with Crippen LogP contribution in [0.15, 0.2) is 30.5 Å². The Labute approximate surface area is 115 Å². The van der Waals surface area contributed by atoms with Crippen LogP contribution in [0.1, 0.15) is 27.7 Å². The fourth-order valence-electron chi connectivity index (χ4n) is 2.49. The first-order valence-corrected chi connectivity index (χ1v) is 6.41. The molecule has 1 aromatic carbocycles. The highest BCUT2D eigenvalue weighted by Gasteiger charge is 2.22. The van der Waals surface area contributed by atoms with Gasteiger partial charge in [-0.05, 0) is 17.5 Å². The van der Waals surface area contributed by atoms with Gasteiger partial charge in [-0.15, -0.1) is 0 Å². The largest absolute Gasteiger partial charge is 0.476 e. The molecule has 1 aliphatic heterocycles. The molecule has 1 aromatic heterocycles. The summed E-state index contributed by atoms with van der Waals surface area (Å²) in [7, 11) is 0. The molecule has 0 bridgehead atoms. The van der Waals surface area contributed by atoms with Crippen molar-refractivity contribution in [2.75, 3.05) is 12.3 Å². The van der Waals surface area contributed by atoms with Crippen LogP contribution >= 0.6 is 0 Å².